The van der Waals surface area contributed by atoms with E-state index >= 15 is 0 Å². The summed E-state index contributed by atoms with van der Waals surface area (Å²) in [7, 11) is 0. The van der Waals surface area contributed by atoms with Crippen LogP contribution in [-0.4, -0.2) is 15.3 Å². The van der Waals surface area contributed by atoms with Crippen molar-refractivity contribution in [2.45, 2.75) is 13.0 Å². The quantitative estimate of drug-likeness (QED) is 0.765. The standard InChI is InChI=1S/C12H12N2O.ClH/c15-12(11-4-2-1-3-5-11)6-8-14-9-7-13-10-14;/h1-5,7,9-10H,6,8H2;1H. The van der Waals surface area contributed by atoms with E-state index in [9.17, 15) is 4.79 Å². The molecular weight excluding hydrogens is 224 g/mol. The summed E-state index contributed by atoms with van der Waals surface area (Å²) in [6.07, 6.45) is 5.81. The fourth-order valence-corrected chi connectivity index (χ4v) is 1.42. The van der Waals surface area contributed by atoms with Gasteiger partial charge in [-0.1, -0.05) is 30.3 Å². The van der Waals surface area contributed by atoms with Crippen molar-refractivity contribution in [2.24, 2.45) is 0 Å². The molecule has 2 aromatic rings. The molecule has 0 unspecified atom stereocenters. The van der Waals surface area contributed by atoms with Gasteiger partial charge in [-0.05, 0) is 0 Å². The van der Waals surface area contributed by atoms with Crippen LogP contribution in [-0.2, 0) is 6.54 Å². The topological polar surface area (TPSA) is 34.9 Å². The van der Waals surface area contributed by atoms with E-state index in [1.54, 1.807) is 12.5 Å². The van der Waals surface area contributed by atoms with Crippen LogP contribution in [0.15, 0.2) is 49.1 Å². The summed E-state index contributed by atoms with van der Waals surface area (Å²) < 4.78 is 1.90. The minimum atomic E-state index is 0. The van der Waals surface area contributed by atoms with Gasteiger partial charge in [-0.2, -0.15) is 0 Å². The van der Waals surface area contributed by atoms with E-state index in [4.69, 9.17) is 0 Å². The van der Waals surface area contributed by atoms with E-state index in [-0.39, 0.29) is 18.2 Å². The van der Waals surface area contributed by atoms with E-state index in [1.165, 1.54) is 0 Å². The summed E-state index contributed by atoms with van der Waals surface area (Å²) >= 11 is 0. The summed E-state index contributed by atoms with van der Waals surface area (Å²) in [6.45, 7) is 0.688. The summed E-state index contributed by atoms with van der Waals surface area (Å²) in [6, 6.07) is 9.36. The molecule has 0 spiro atoms. The van der Waals surface area contributed by atoms with Crippen LogP contribution < -0.4 is 0 Å². The first-order valence-corrected chi connectivity index (χ1v) is 4.90. The lowest BCUT2D eigenvalue weighted by Gasteiger charge is -2.01. The Bertz CT molecular complexity index is 426. The maximum Gasteiger partial charge on any atom is 0.164 e. The highest BCUT2D eigenvalue weighted by Crippen LogP contribution is 2.04. The van der Waals surface area contributed by atoms with E-state index < -0.39 is 0 Å². The molecule has 1 heterocycles. The molecule has 0 bridgehead atoms. The van der Waals surface area contributed by atoms with Crippen molar-refractivity contribution in [2.75, 3.05) is 0 Å². The third-order valence-electron chi connectivity index (χ3n) is 2.25. The van der Waals surface area contributed by atoms with Gasteiger partial charge in [0.1, 0.15) is 0 Å². The van der Waals surface area contributed by atoms with Crippen molar-refractivity contribution in [1.82, 2.24) is 9.55 Å². The number of imidazole rings is 1. The second-order valence-corrected chi connectivity index (χ2v) is 3.34. The van der Waals surface area contributed by atoms with E-state index in [0.29, 0.717) is 13.0 Å². The molecule has 0 fully saturated rings. The fourth-order valence-electron chi connectivity index (χ4n) is 1.42. The molecule has 1 aromatic carbocycles. The van der Waals surface area contributed by atoms with Crippen LogP contribution in [0.5, 0.6) is 0 Å². The maximum atomic E-state index is 11.7. The monoisotopic (exact) mass is 236 g/mol. The first kappa shape index (κ1) is 12.5. The van der Waals surface area contributed by atoms with Crippen molar-refractivity contribution in [3.8, 4) is 0 Å². The lowest BCUT2D eigenvalue weighted by Crippen LogP contribution is -2.04. The summed E-state index contributed by atoms with van der Waals surface area (Å²) in [5, 5.41) is 0. The maximum absolute atomic E-state index is 11.7. The Labute approximate surface area is 101 Å². The zero-order chi connectivity index (χ0) is 10.5. The molecule has 0 amide bonds. The van der Waals surface area contributed by atoms with Gasteiger partial charge in [0.25, 0.3) is 0 Å². The predicted molar refractivity (Wildman–Crippen MR) is 64.9 cm³/mol. The van der Waals surface area contributed by atoms with Gasteiger partial charge >= 0.3 is 0 Å². The zero-order valence-corrected chi connectivity index (χ0v) is 9.56. The van der Waals surface area contributed by atoms with E-state index in [2.05, 4.69) is 4.98 Å². The Kier molecular flexibility index (Phi) is 4.73. The minimum absolute atomic E-state index is 0. The molecule has 0 aliphatic rings. The Morgan fingerprint density at radius 2 is 2.00 bits per heavy atom. The van der Waals surface area contributed by atoms with Gasteiger partial charge in [0.05, 0.1) is 6.33 Å². The molecule has 1 aromatic heterocycles. The number of carbonyl (C=O) groups is 1. The van der Waals surface area contributed by atoms with E-state index in [0.717, 1.165) is 5.56 Å². The molecule has 0 radical (unpaired) electrons. The second-order valence-electron chi connectivity index (χ2n) is 3.34. The Balaban J connectivity index is 0.00000128. The summed E-state index contributed by atoms with van der Waals surface area (Å²) in [5.74, 6) is 0.171. The molecule has 4 heteroatoms. The highest BCUT2D eigenvalue weighted by atomic mass is 35.5. The minimum Gasteiger partial charge on any atom is -0.337 e. The highest BCUT2D eigenvalue weighted by Gasteiger charge is 2.04. The average Bonchev–Trinajstić information content (AvgIpc) is 2.80. The molecule has 3 nitrogen and oxygen atoms in total. The number of rotatable bonds is 4. The molecule has 2 rings (SSSR count). The molecule has 0 aliphatic heterocycles. The molecule has 0 aliphatic carbocycles. The molecule has 16 heavy (non-hydrogen) atoms. The zero-order valence-electron chi connectivity index (χ0n) is 8.74. The summed E-state index contributed by atoms with van der Waals surface area (Å²) in [5.41, 5.74) is 0.776. The molecule has 0 saturated carbocycles. The van der Waals surface area contributed by atoms with Crippen LogP contribution in [0.1, 0.15) is 16.8 Å². The Morgan fingerprint density at radius 1 is 1.25 bits per heavy atom. The number of carbonyl (C=O) groups excluding carboxylic acids is 1. The highest BCUT2D eigenvalue weighted by molar-refractivity contribution is 5.95. The first-order valence-electron chi connectivity index (χ1n) is 4.90. The van der Waals surface area contributed by atoms with E-state index in [1.807, 2.05) is 41.1 Å². The number of ketones is 1. The number of benzene rings is 1. The third kappa shape index (κ3) is 3.21. The van der Waals surface area contributed by atoms with Gasteiger partial charge in [-0.3, -0.25) is 4.79 Å². The molecular formula is C12H13ClN2O. The van der Waals surface area contributed by atoms with Crippen LogP contribution in [0.2, 0.25) is 0 Å². The van der Waals surface area contributed by atoms with Crippen molar-refractivity contribution in [3.05, 3.63) is 54.6 Å². The number of hydrogen-bond acceptors (Lipinski definition) is 2. The molecule has 0 saturated heterocycles. The lowest BCUT2D eigenvalue weighted by atomic mass is 10.1. The van der Waals surface area contributed by atoms with Crippen molar-refractivity contribution < 1.29 is 4.79 Å². The van der Waals surface area contributed by atoms with Gasteiger partial charge in [0.15, 0.2) is 5.78 Å². The largest absolute Gasteiger partial charge is 0.337 e. The van der Waals surface area contributed by atoms with Crippen LogP contribution in [0.3, 0.4) is 0 Å². The fraction of sp³-hybridized carbons (Fsp3) is 0.167. The number of nitrogens with zero attached hydrogens (tertiary/aromatic N) is 2. The first-order chi connectivity index (χ1) is 7.36. The molecule has 84 valence electrons. The van der Waals surface area contributed by atoms with Gasteiger partial charge in [0, 0.05) is 30.9 Å². The van der Waals surface area contributed by atoms with Gasteiger partial charge in [0.2, 0.25) is 0 Å². The molecule has 0 atom stereocenters. The number of aryl methyl sites for hydroxylation is 1. The average molecular weight is 237 g/mol. The number of halogens is 1. The predicted octanol–water partition coefficient (Wildman–Crippen LogP) is 2.58. The van der Waals surface area contributed by atoms with Crippen LogP contribution in [0.4, 0.5) is 0 Å². The smallest absolute Gasteiger partial charge is 0.164 e. The SMILES string of the molecule is Cl.O=C(CCn1ccnc1)c1ccccc1. The number of aromatic nitrogens is 2. The number of Topliss-reactive ketones (excluding diaryl/α,β-unsaturated/α-hetero) is 1. The molecule has 0 N–H and O–H groups in total. The lowest BCUT2D eigenvalue weighted by molar-refractivity contribution is 0.0977. The summed E-state index contributed by atoms with van der Waals surface area (Å²) in [4.78, 5) is 15.6. The number of hydrogen-bond donors (Lipinski definition) is 0. The Morgan fingerprint density at radius 3 is 2.62 bits per heavy atom. The van der Waals surface area contributed by atoms with Gasteiger partial charge in [-0.15, -0.1) is 12.4 Å². The van der Waals surface area contributed by atoms with Crippen molar-refractivity contribution in [1.29, 1.82) is 0 Å². The van der Waals surface area contributed by atoms with Crippen LogP contribution in [0, 0.1) is 0 Å². The van der Waals surface area contributed by atoms with Crippen LogP contribution in [0.25, 0.3) is 0 Å². The van der Waals surface area contributed by atoms with Crippen LogP contribution >= 0.6 is 12.4 Å². The van der Waals surface area contributed by atoms with Gasteiger partial charge < -0.3 is 4.57 Å². The van der Waals surface area contributed by atoms with Gasteiger partial charge in [-0.25, -0.2) is 4.98 Å². The van der Waals surface area contributed by atoms with Crippen molar-refractivity contribution >= 4 is 18.2 Å². The second kappa shape index (κ2) is 6.08. The third-order valence-corrected chi connectivity index (χ3v) is 2.25. The Hall–Kier alpha value is -1.61. The van der Waals surface area contributed by atoms with Crippen molar-refractivity contribution in [3.63, 3.8) is 0 Å². The normalized spacial score (nSPS) is 9.50.